The molecule has 2 atom stereocenters. The standard InChI is InChI=1S/C27H30N2O6/c1-18-13-14-23(34-18)25(26(30)28-19-8-3-2-4-9-19)29(16-20-10-7-15-32-20)27(31)24-17-33-21-11-5-6-12-22(21)35-24/h5-7,10-15,19,24-25H,2-4,8-9,16-17H2,1H3,(H,28,30)/t24-,25+/m0/s1. The monoisotopic (exact) mass is 478 g/mol. The van der Waals surface area contributed by atoms with E-state index in [0.29, 0.717) is 28.8 Å². The van der Waals surface area contributed by atoms with Gasteiger partial charge in [0.05, 0.1) is 12.8 Å². The van der Waals surface area contributed by atoms with Crippen molar-refractivity contribution in [2.45, 2.75) is 63.8 Å². The van der Waals surface area contributed by atoms with Crippen LogP contribution in [-0.2, 0) is 16.1 Å². The lowest BCUT2D eigenvalue weighted by molar-refractivity contribution is -0.150. The molecule has 1 N–H and O–H groups in total. The van der Waals surface area contributed by atoms with E-state index in [1.54, 1.807) is 42.7 Å². The van der Waals surface area contributed by atoms with Crippen LogP contribution >= 0.6 is 0 Å². The number of rotatable bonds is 7. The van der Waals surface area contributed by atoms with E-state index in [1.807, 2.05) is 19.1 Å². The second-order valence-electron chi connectivity index (χ2n) is 9.10. The summed E-state index contributed by atoms with van der Waals surface area (Å²) in [5.74, 6) is 2.03. The van der Waals surface area contributed by atoms with Crippen molar-refractivity contribution in [2.24, 2.45) is 0 Å². The molecule has 1 aliphatic heterocycles. The number of hydrogen-bond acceptors (Lipinski definition) is 6. The summed E-state index contributed by atoms with van der Waals surface area (Å²) >= 11 is 0. The summed E-state index contributed by atoms with van der Waals surface area (Å²) in [6, 6.07) is 13.4. The van der Waals surface area contributed by atoms with Crippen LogP contribution in [0.5, 0.6) is 11.5 Å². The first-order valence-corrected chi connectivity index (χ1v) is 12.2. The number of nitrogens with one attached hydrogen (secondary N) is 1. The molecule has 2 aliphatic rings. The maximum absolute atomic E-state index is 13.9. The fourth-order valence-corrected chi connectivity index (χ4v) is 4.74. The van der Waals surface area contributed by atoms with Gasteiger partial charge in [-0.3, -0.25) is 9.59 Å². The number of nitrogens with zero attached hydrogens (tertiary/aromatic N) is 1. The van der Waals surface area contributed by atoms with E-state index in [4.69, 9.17) is 18.3 Å². The van der Waals surface area contributed by atoms with Crippen molar-refractivity contribution in [2.75, 3.05) is 6.61 Å². The Morgan fingerprint density at radius 2 is 1.83 bits per heavy atom. The van der Waals surface area contributed by atoms with Gasteiger partial charge in [-0.15, -0.1) is 0 Å². The number of fused-ring (bicyclic) bond motifs is 1. The number of ether oxygens (including phenoxy) is 2. The second kappa shape index (κ2) is 10.3. The van der Waals surface area contributed by atoms with Crippen LogP contribution in [0.4, 0.5) is 0 Å². The van der Waals surface area contributed by atoms with Crippen LogP contribution in [-0.4, -0.2) is 35.5 Å². The average molecular weight is 479 g/mol. The van der Waals surface area contributed by atoms with Gasteiger partial charge in [0.25, 0.3) is 11.8 Å². The first-order chi connectivity index (χ1) is 17.1. The van der Waals surface area contributed by atoms with Crippen molar-refractivity contribution in [1.29, 1.82) is 0 Å². The third-order valence-electron chi connectivity index (χ3n) is 6.52. The minimum Gasteiger partial charge on any atom is -0.485 e. The number of aryl methyl sites for hydroxylation is 1. The van der Waals surface area contributed by atoms with Crippen LogP contribution < -0.4 is 14.8 Å². The molecule has 1 aliphatic carbocycles. The van der Waals surface area contributed by atoms with Crippen molar-refractivity contribution in [3.05, 3.63) is 72.1 Å². The Morgan fingerprint density at radius 3 is 2.54 bits per heavy atom. The summed E-state index contributed by atoms with van der Waals surface area (Å²) in [7, 11) is 0. The van der Waals surface area contributed by atoms with Crippen LogP contribution in [0.25, 0.3) is 0 Å². The van der Waals surface area contributed by atoms with E-state index in [9.17, 15) is 9.59 Å². The first-order valence-electron chi connectivity index (χ1n) is 12.2. The number of hydrogen-bond donors (Lipinski definition) is 1. The van der Waals surface area contributed by atoms with Crippen LogP contribution in [0.15, 0.2) is 63.6 Å². The molecule has 2 amide bonds. The van der Waals surface area contributed by atoms with Gasteiger partial charge in [-0.05, 0) is 56.2 Å². The zero-order valence-corrected chi connectivity index (χ0v) is 19.8. The SMILES string of the molecule is Cc1ccc([C@H](C(=O)NC2CCCCC2)N(Cc2ccco2)C(=O)[C@@H]2COc3ccccc3O2)o1. The number of amides is 2. The molecular weight excluding hydrogens is 448 g/mol. The fraction of sp³-hybridized carbons (Fsp3) is 0.407. The molecule has 0 saturated heterocycles. The lowest BCUT2D eigenvalue weighted by Crippen LogP contribution is -2.52. The Labute approximate surface area is 204 Å². The van der Waals surface area contributed by atoms with Crippen LogP contribution in [0.2, 0.25) is 0 Å². The number of benzene rings is 1. The van der Waals surface area contributed by atoms with Gasteiger partial charge in [0, 0.05) is 6.04 Å². The van der Waals surface area contributed by atoms with Gasteiger partial charge in [0.1, 0.15) is 23.9 Å². The molecule has 8 heteroatoms. The van der Waals surface area contributed by atoms with E-state index in [1.165, 1.54) is 11.3 Å². The summed E-state index contributed by atoms with van der Waals surface area (Å²) in [6.07, 6.45) is 5.82. The van der Waals surface area contributed by atoms with Gasteiger partial charge in [0.15, 0.2) is 17.5 Å². The van der Waals surface area contributed by atoms with Gasteiger partial charge in [-0.2, -0.15) is 0 Å². The van der Waals surface area contributed by atoms with Gasteiger partial charge in [0.2, 0.25) is 6.10 Å². The van der Waals surface area contributed by atoms with Crippen LogP contribution in [0.1, 0.15) is 55.4 Å². The van der Waals surface area contributed by atoms with E-state index >= 15 is 0 Å². The predicted molar refractivity (Wildman–Crippen MR) is 127 cm³/mol. The molecule has 5 rings (SSSR count). The van der Waals surface area contributed by atoms with Gasteiger partial charge in [-0.1, -0.05) is 31.4 Å². The Balaban J connectivity index is 1.46. The normalized spacial score (nSPS) is 18.6. The lowest BCUT2D eigenvalue weighted by atomic mass is 9.95. The average Bonchev–Trinajstić information content (AvgIpc) is 3.55. The van der Waals surface area contributed by atoms with Crippen molar-refractivity contribution in [3.63, 3.8) is 0 Å². The van der Waals surface area contributed by atoms with Gasteiger partial charge >= 0.3 is 0 Å². The summed E-state index contributed by atoms with van der Waals surface area (Å²) in [4.78, 5) is 29.1. The molecule has 0 spiro atoms. The topological polar surface area (TPSA) is 94.2 Å². The Morgan fingerprint density at radius 1 is 1.03 bits per heavy atom. The predicted octanol–water partition coefficient (Wildman–Crippen LogP) is 4.54. The summed E-state index contributed by atoms with van der Waals surface area (Å²) in [6.45, 7) is 1.93. The van der Waals surface area contributed by atoms with Gasteiger partial charge in [-0.25, -0.2) is 0 Å². The lowest BCUT2D eigenvalue weighted by Gasteiger charge is -2.35. The molecule has 1 saturated carbocycles. The molecule has 3 aromatic rings. The first kappa shape index (κ1) is 23.1. The third kappa shape index (κ3) is 5.21. The fourth-order valence-electron chi connectivity index (χ4n) is 4.74. The molecule has 1 fully saturated rings. The third-order valence-corrected chi connectivity index (χ3v) is 6.52. The van der Waals surface area contributed by atoms with Crippen LogP contribution in [0.3, 0.4) is 0 Å². The van der Waals surface area contributed by atoms with Crippen molar-refractivity contribution < 1.29 is 27.9 Å². The summed E-state index contributed by atoms with van der Waals surface area (Å²) in [5.41, 5.74) is 0. The van der Waals surface area contributed by atoms with E-state index in [0.717, 1.165) is 25.7 Å². The molecule has 1 aromatic carbocycles. The molecule has 35 heavy (non-hydrogen) atoms. The highest BCUT2D eigenvalue weighted by Crippen LogP contribution is 2.33. The number of para-hydroxylation sites is 2. The molecule has 0 radical (unpaired) electrons. The molecule has 2 aromatic heterocycles. The quantitative estimate of drug-likeness (QED) is 0.536. The van der Waals surface area contributed by atoms with E-state index in [2.05, 4.69) is 5.32 Å². The second-order valence-corrected chi connectivity index (χ2v) is 9.10. The van der Waals surface area contributed by atoms with E-state index in [-0.39, 0.29) is 31.0 Å². The Bertz CT molecular complexity index is 1150. The smallest absolute Gasteiger partial charge is 0.268 e. The van der Waals surface area contributed by atoms with E-state index < -0.39 is 12.1 Å². The molecule has 0 bridgehead atoms. The maximum atomic E-state index is 13.9. The highest BCUT2D eigenvalue weighted by atomic mass is 16.6. The highest BCUT2D eigenvalue weighted by molar-refractivity contribution is 5.90. The van der Waals surface area contributed by atoms with Crippen LogP contribution in [0, 0.1) is 6.92 Å². The molecule has 0 unspecified atom stereocenters. The maximum Gasteiger partial charge on any atom is 0.268 e. The largest absolute Gasteiger partial charge is 0.485 e. The summed E-state index contributed by atoms with van der Waals surface area (Å²) < 4.78 is 23.2. The summed E-state index contributed by atoms with van der Waals surface area (Å²) in [5, 5.41) is 3.16. The van der Waals surface area contributed by atoms with Crippen molar-refractivity contribution in [1.82, 2.24) is 10.2 Å². The Hall–Kier alpha value is -3.68. The van der Waals surface area contributed by atoms with Crippen molar-refractivity contribution in [3.8, 4) is 11.5 Å². The Kier molecular flexibility index (Phi) is 6.79. The molecule has 184 valence electrons. The van der Waals surface area contributed by atoms with Gasteiger partial charge < -0.3 is 28.5 Å². The zero-order valence-electron chi connectivity index (χ0n) is 19.8. The zero-order chi connectivity index (χ0) is 24.2. The molecule has 8 nitrogen and oxygen atoms in total. The minimum atomic E-state index is -0.982. The molecule has 3 heterocycles. The highest BCUT2D eigenvalue weighted by Gasteiger charge is 2.40. The number of furan rings is 2. The van der Waals surface area contributed by atoms with Crippen molar-refractivity contribution >= 4 is 11.8 Å². The number of carbonyl (C=O) groups is 2. The minimum absolute atomic E-state index is 0.0403. The number of carbonyl (C=O) groups excluding carboxylic acids is 2. The molecular formula is C27H30N2O6.